The zero-order chi connectivity index (χ0) is 45.4. The van der Waals surface area contributed by atoms with Gasteiger partial charge in [0, 0.05) is 19.3 Å². The van der Waals surface area contributed by atoms with Crippen LogP contribution in [-0.4, -0.2) is 37.2 Å². The summed E-state index contributed by atoms with van der Waals surface area (Å²) in [4.78, 5) is 38.0. The quantitative estimate of drug-likeness (QED) is 0.0344. The van der Waals surface area contributed by atoms with Gasteiger partial charge in [-0.05, 0) is 31.1 Å². The van der Waals surface area contributed by atoms with Crippen LogP contribution in [0.15, 0.2) is 0 Å². The number of hydrogen-bond acceptors (Lipinski definition) is 6. The van der Waals surface area contributed by atoms with Gasteiger partial charge in [-0.2, -0.15) is 0 Å². The Morgan fingerprint density at radius 1 is 0.339 bits per heavy atom. The Bertz CT molecular complexity index is 949. The second-order valence-electron chi connectivity index (χ2n) is 19.9. The maximum absolute atomic E-state index is 12.8. The van der Waals surface area contributed by atoms with E-state index in [-0.39, 0.29) is 31.1 Å². The van der Waals surface area contributed by atoms with E-state index in [1.807, 2.05) is 0 Å². The smallest absolute Gasteiger partial charge is 0.306 e. The van der Waals surface area contributed by atoms with E-state index < -0.39 is 6.10 Å². The Kier molecular flexibility index (Phi) is 47.6. The molecule has 0 fully saturated rings. The van der Waals surface area contributed by atoms with E-state index >= 15 is 0 Å². The number of unbranched alkanes of at least 4 members (excludes halogenated alkanes) is 34. The molecule has 62 heavy (non-hydrogen) atoms. The Hall–Kier alpha value is -1.59. The van der Waals surface area contributed by atoms with Crippen molar-refractivity contribution in [1.82, 2.24) is 0 Å². The molecule has 0 aliphatic carbocycles. The first kappa shape index (κ1) is 60.4. The number of carbonyl (C=O) groups is 3. The Labute approximate surface area is 387 Å². The minimum Gasteiger partial charge on any atom is -0.462 e. The molecule has 0 bridgehead atoms. The Balaban J connectivity index is 4.23. The van der Waals surface area contributed by atoms with Crippen molar-refractivity contribution in [2.45, 2.75) is 317 Å². The molecule has 0 aliphatic rings. The fourth-order valence-corrected chi connectivity index (χ4v) is 8.49. The molecule has 0 rings (SSSR count). The predicted molar refractivity (Wildman–Crippen MR) is 266 cm³/mol. The van der Waals surface area contributed by atoms with Gasteiger partial charge in [0.2, 0.25) is 0 Å². The van der Waals surface area contributed by atoms with Crippen molar-refractivity contribution in [3.63, 3.8) is 0 Å². The highest BCUT2D eigenvalue weighted by Gasteiger charge is 2.19. The van der Waals surface area contributed by atoms with Gasteiger partial charge in [0.05, 0.1) is 0 Å². The van der Waals surface area contributed by atoms with Gasteiger partial charge in [-0.15, -0.1) is 0 Å². The Morgan fingerprint density at radius 2 is 0.613 bits per heavy atom. The van der Waals surface area contributed by atoms with Gasteiger partial charge in [-0.25, -0.2) is 0 Å². The van der Waals surface area contributed by atoms with E-state index in [1.165, 1.54) is 199 Å². The molecular weight excluding hydrogens is 769 g/mol. The summed E-state index contributed by atoms with van der Waals surface area (Å²) in [7, 11) is 0. The highest BCUT2D eigenvalue weighted by molar-refractivity contribution is 5.71. The fraction of sp³-hybridized carbons (Fsp3) is 0.946. The summed E-state index contributed by atoms with van der Waals surface area (Å²) >= 11 is 0. The number of carbonyl (C=O) groups excluding carboxylic acids is 3. The van der Waals surface area contributed by atoms with Gasteiger partial charge in [0.25, 0.3) is 0 Å². The minimum atomic E-state index is -0.762. The molecule has 1 unspecified atom stereocenters. The molecule has 0 spiro atoms. The lowest BCUT2D eigenvalue weighted by atomic mass is 9.99. The van der Waals surface area contributed by atoms with Crippen LogP contribution in [0.4, 0.5) is 0 Å². The number of ether oxygens (including phenoxy) is 3. The van der Waals surface area contributed by atoms with Crippen LogP contribution < -0.4 is 0 Å². The first-order chi connectivity index (χ1) is 30.3. The van der Waals surface area contributed by atoms with Crippen LogP contribution in [-0.2, 0) is 28.6 Å². The zero-order valence-electron chi connectivity index (χ0n) is 42.5. The third kappa shape index (κ3) is 47.9. The highest BCUT2D eigenvalue weighted by atomic mass is 16.6. The van der Waals surface area contributed by atoms with E-state index in [0.717, 1.165) is 69.6 Å². The maximum atomic E-state index is 12.8. The van der Waals surface area contributed by atoms with Crippen LogP contribution in [0.25, 0.3) is 0 Å². The number of esters is 3. The minimum absolute atomic E-state index is 0.0640. The average Bonchev–Trinajstić information content (AvgIpc) is 3.26. The van der Waals surface area contributed by atoms with Crippen molar-refractivity contribution in [3.8, 4) is 0 Å². The molecule has 0 saturated carbocycles. The first-order valence-corrected chi connectivity index (χ1v) is 27.8. The molecule has 6 heteroatoms. The lowest BCUT2D eigenvalue weighted by molar-refractivity contribution is -0.167. The third-order valence-electron chi connectivity index (χ3n) is 13.1. The number of hydrogen-bond donors (Lipinski definition) is 0. The van der Waals surface area contributed by atoms with Gasteiger partial charge >= 0.3 is 17.9 Å². The van der Waals surface area contributed by atoms with Crippen LogP contribution in [0.1, 0.15) is 311 Å². The Morgan fingerprint density at radius 3 is 0.919 bits per heavy atom. The van der Waals surface area contributed by atoms with Gasteiger partial charge in [0.1, 0.15) is 13.2 Å². The lowest BCUT2D eigenvalue weighted by Gasteiger charge is -2.18. The molecule has 0 amide bonds. The first-order valence-electron chi connectivity index (χ1n) is 27.8. The van der Waals surface area contributed by atoms with Gasteiger partial charge < -0.3 is 14.2 Å². The largest absolute Gasteiger partial charge is 0.462 e. The van der Waals surface area contributed by atoms with Gasteiger partial charge in [-0.1, -0.05) is 272 Å². The zero-order valence-corrected chi connectivity index (χ0v) is 42.5. The van der Waals surface area contributed by atoms with E-state index in [1.54, 1.807) is 0 Å². The lowest BCUT2D eigenvalue weighted by Crippen LogP contribution is -2.30. The molecule has 368 valence electrons. The van der Waals surface area contributed by atoms with Crippen LogP contribution >= 0.6 is 0 Å². The van der Waals surface area contributed by atoms with Crippen LogP contribution in [0.2, 0.25) is 0 Å². The summed E-state index contributed by atoms with van der Waals surface area (Å²) in [5.41, 5.74) is 0. The molecule has 6 nitrogen and oxygen atoms in total. The van der Waals surface area contributed by atoms with Gasteiger partial charge in [-0.3, -0.25) is 14.4 Å². The number of rotatable bonds is 50. The third-order valence-corrected chi connectivity index (χ3v) is 13.1. The SMILES string of the molecule is CCCCCCCCCCCCCCCCCCCC(=O)O[C@H](COC(=O)CCCCCCCCCCCCCCCCC(C)CC)COC(=O)CCCCCCCCC(C)C. The van der Waals surface area contributed by atoms with Crippen LogP contribution in [0.5, 0.6) is 0 Å². The molecule has 0 aromatic rings. The molecule has 0 heterocycles. The summed E-state index contributed by atoms with van der Waals surface area (Å²) < 4.78 is 16.8. The standard InChI is InChI=1S/C56H108O6/c1-6-8-9-10-11-12-13-14-15-16-17-22-25-28-31-38-43-48-56(59)62-53(50-61-55(58)47-42-37-33-32-34-39-44-51(3)4)49-60-54(57)46-41-36-30-27-24-21-19-18-20-23-26-29-35-40-45-52(5)7-2/h51-53H,6-50H2,1-5H3/t52?,53-/m1/s1. The van der Waals surface area contributed by atoms with Crippen molar-refractivity contribution in [2.24, 2.45) is 11.8 Å². The second kappa shape index (κ2) is 48.9. The maximum Gasteiger partial charge on any atom is 0.306 e. The van der Waals surface area contributed by atoms with Crippen molar-refractivity contribution >= 4 is 17.9 Å². The summed E-state index contributed by atoms with van der Waals surface area (Å²) in [5.74, 6) is 0.811. The fourth-order valence-electron chi connectivity index (χ4n) is 8.49. The molecule has 0 aromatic heterocycles. The van der Waals surface area contributed by atoms with E-state index in [2.05, 4.69) is 34.6 Å². The molecule has 2 atom stereocenters. The van der Waals surface area contributed by atoms with Crippen LogP contribution in [0.3, 0.4) is 0 Å². The highest BCUT2D eigenvalue weighted by Crippen LogP contribution is 2.18. The molecule has 0 saturated heterocycles. The topological polar surface area (TPSA) is 78.9 Å². The van der Waals surface area contributed by atoms with E-state index in [4.69, 9.17) is 14.2 Å². The van der Waals surface area contributed by atoms with Crippen molar-refractivity contribution in [1.29, 1.82) is 0 Å². The molecule has 0 aliphatic heterocycles. The summed E-state index contributed by atoms with van der Waals surface area (Å²) in [6.07, 6.45) is 51.0. The van der Waals surface area contributed by atoms with Crippen molar-refractivity contribution in [2.75, 3.05) is 13.2 Å². The average molecular weight is 877 g/mol. The monoisotopic (exact) mass is 877 g/mol. The van der Waals surface area contributed by atoms with Crippen LogP contribution in [0, 0.1) is 11.8 Å². The predicted octanol–water partition coefficient (Wildman–Crippen LogP) is 18.1. The van der Waals surface area contributed by atoms with E-state index in [0.29, 0.717) is 19.3 Å². The summed E-state index contributed by atoms with van der Waals surface area (Å²) in [5, 5.41) is 0. The molecule has 0 N–H and O–H groups in total. The van der Waals surface area contributed by atoms with Crippen molar-refractivity contribution in [3.05, 3.63) is 0 Å². The normalized spacial score (nSPS) is 12.5. The molecule has 0 aromatic carbocycles. The molecule has 0 radical (unpaired) electrons. The summed E-state index contributed by atoms with van der Waals surface area (Å²) in [6.45, 7) is 11.4. The molecular formula is C56H108O6. The second-order valence-corrected chi connectivity index (χ2v) is 19.9. The van der Waals surface area contributed by atoms with Crippen molar-refractivity contribution < 1.29 is 28.6 Å². The summed E-state index contributed by atoms with van der Waals surface area (Å²) in [6, 6.07) is 0. The van der Waals surface area contributed by atoms with Gasteiger partial charge in [0.15, 0.2) is 6.10 Å². The van der Waals surface area contributed by atoms with E-state index in [9.17, 15) is 14.4 Å².